The van der Waals surface area contributed by atoms with Gasteiger partial charge in [0, 0.05) is 22.4 Å². The van der Waals surface area contributed by atoms with Gasteiger partial charge in [-0.1, -0.05) is 48.0 Å². The van der Waals surface area contributed by atoms with E-state index in [0.717, 1.165) is 49.1 Å². The number of carbonyl (C=O) groups excluding carboxylic acids is 1. The summed E-state index contributed by atoms with van der Waals surface area (Å²) in [7, 11) is 1.64. The lowest BCUT2D eigenvalue weighted by atomic mass is 10.2. The van der Waals surface area contributed by atoms with Crippen LogP contribution in [0.4, 0.5) is 0 Å². The molecule has 6 nitrogen and oxygen atoms in total. The average Bonchev–Trinajstić information content (AvgIpc) is 2.76. The van der Waals surface area contributed by atoms with Crippen LogP contribution < -0.4 is 20.0 Å². The average molecular weight is 429 g/mol. The molecular formula is C23H29ClN4O2+2. The zero-order valence-electron chi connectivity index (χ0n) is 17.2. The van der Waals surface area contributed by atoms with Crippen LogP contribution in [-0.2, 0) is 11.3 Å². The van der Waals surface area contributed by atoms with Crippen LogP contribution in [0.2, 0.25) is 5.02 Å². The van der Waals surface area contributed by atoms with E-state index in [4.69, 9.17) is 16.3 Å². The minimum atomic E-state index is -0.0681. The van der Waals surface area contributed by atoms with Crippen molar-refractivity contribution in [3.05, 3.63) is 70.8 Å². The van der Waals surface area contributed by atoms with Crippen LogP contribution in [0.15, 0.2) is 59.7 Å². The first-order chi connectivity index (χ1) is 14.7. The maximum Gasteiger partial charge on any atom is 0.295 e. The summed E-state index contributed by atoms with van der Waals surface area (Å²) < 4.78 is 5.30. The Bertz CT molecular complexity index is 892. The molecule has 2 aromatic carbocycles. The number of hydrogen-bond donors (Lipinski definition) is 3. The summed E-state index contributed by atoms with van der Waals surface area (Å²) in [5, 5.41) is 4.83. The molecule has 3 rings (SSSR count). The maximum atomic E-state index is 12.1. The Balaban J connectivity index is 1.37. The number of rotatable bonds is 8. The van der Waals surface area contributed by atoms with Crippen molar-refractivity contribution >= 4 is 29.8 Å². The highest BCUT2D eigenvalue weighted by Gasteiger charge is 2.25. The van der Waals surface area contributed by atoms with E-state index in [1.54, 1.807) is 19.4 Å². The molecule has 2 aromatic rings. The molecule has 158 valence electrons. The summed E-state index contributed by atoms with van der Waals surface area (Å²) in [4.78, 5) is 14.9. The van der Waals surface area contributed by atoms with Gasteiger partial charge in [-0.3, -0.25) is 4.79 Å². The van der Waals surface area contributed by atoms with Crippen molar-refractivity contribution in [2.24, 2.45) is 5.10 Å². The Morgan fingerprint density at radius 3 is 2.57 bits per heavy atom. The lowest BCUT2D eigenvalue weighted by Gasteiger charge is -2.29. The molecule has 0 spiro atoms. The number of carbonyl (C=O) groups is 1. The molecule has 0 unspecified atom stereocenters. The Hall–Kier alpha value is -2.67. The van der Waals surface area contributed by atoms with Crippen molar-refractivity contribution in [1.29, 1.82) is 0 Å². The third-order valence-corrected chi connectivity index (χ3v) is 5.61. The Morgan fingerprint density at radius 1 is 1.10 bits per heavy atom. The normalized spacial score (nSPS) is 19.3. The van der Waals surface area contributed by atoms with Crippen molar-refractivity contribution in [3.8, 4) is 5.75 Å². The number of quaternary nitrogens is 2. The smallest absolute Gasteiger partial charge is 0.295 e. The maximum absolute atomic E-state index is 12.1. The predicted molar refractivity (Wildman–Crippen MR) is 120 cm³/mol. The van der Waals surface area contributed by atoms with E-state index in [0.29, 0.717) is 6.54 Å². The molecule has 1 amide bonds. The number of piperazine rings is 1. The van der Waals surface area contributed by atoms with Crippen LogP contribution >= 0.6 is 11.6 Å². The molecule has 30 heavy (non-hydrogen) atoms. The Morgan fingerprint density at radius 2 is 1.80 bits per heavy atom. The lowest BCUT2D eigenvalue weighted by molar-refractivity contribution is -1.02. The molecule has 0 bridgehead atoms. The van der Waals surface area contributed by atoms with Crippen LogP contribution in [0.5, 0.6) is 5.75 Å². The van der Waals surface area contributed by atoms with Crippen LogP contribution in [-0.4, -0.2) is 52.0 Å². The van der Waals surface area contributed by atoms with Crippen molar-refractivity contribution in [2.75, 3.05) is 39.8 Å². The van der Waals surface area contributed by atoms with E-state index in [2.05, 4.69) is 16.6 Å². The number of hydrazone groups is 1. The quantitative estimate of drug-likeness (QED) is 0.422. The van der Waals surface area contributed by atoms with Gasteiger partial charge in [0.25, 0.3) is 5.91 Å². The third kappa shape index (κ3) is 6.69. The molecule has 0 aromatic heterocycles. The van der Waals surface area contributed by atoms with Gasteiger partial charge in [0.1, 0.15) is 38.5 Å². The number of methoxy groups -OCH3 is 1. The van der Waals surface area contributed by atoms with Crippen LogP contribution in [0.1, 0.15) is 11.1 Å². The van der Waals surface area contributed by atoms with Gasteiger partial charge in [-0.25, -0.2) is 5.43 Å². The number of amides is 1. The van der Waals surface area contributed by atoms with Crippen molar-refractivity contribution in [3.63, 3.8) is 0 Å². The van der Waals surface area contributed by atoms with E-state index in [-0.39, 0.29) is 5.91 Å². The van der Waals surface area contributed by atoms with Gasteiger partial charge in [-0.15, -0.1) is 0 Å². The van der Waals surface area contributed by atoms with E-state index < -0.39 is 0 Å². The monoisotopic (exact) mass is 428 g/mol. The summed E-state index contributed by atoms with van der Waals surface area (Å²) >= 11 is 6.27. The van der Waals surface area contributed by atoms with Gasteiger partial charge < -0.3 is 14.5 Å². The molecule has 1 fully saturated rings. The van der Waals surface area contributed by atoms with Gasteiger partial charge >= 0.3 is 0 Å². The Labute approximate surface area is 182 Å². The standard InChI is InChI=1S/C23H27ClN4O2/c1-30-22-11-5-3-7-19(22)9-6-12-25-26-23(29)18-28-15-13-27(14-16-28)17-20-8-2-4-10-21(20)24/h2-12H,13-18H2,1H3,(H,26,29)/p+2/b9-6+,25-12-. The van der Waals surface area contributed by atoms with E-state index >= 15 is 0 Å². The van der Waals surface area contributed by atoms with E-state index in [1.807, 2.05) is 48.5 Å². The molecular weight excluding hydrogens is 400 g/mol. The molecule has 0 atom stereocenters. The topological polar surface area (TPSA) is 59.6 Å². The third-order valence-electron chi connectivity index (χ3n) is 5.24. The van der Waals surface area contributed by atoms with Gasteiger partial charge in [0.05, 0.1) is 7.11 Å². The zero-order valence-corrected chi connectivity index (χ0v) is 18.0. The number of nitrogens with zero attached hydrogens (tertiary/aromatic N) is 1. The second-order valence-electron chi connectivity index (χ2n) is 7.36. The number of nitrogens with one attached hydrogen (secondary N) is 3. The first-order valence-electron chi connectivity index (χ1n) is 10.2. The van der Waals surface area contributed by atoms with E-state index in [9.17, 15) is 4.79 Å². The van der Waals surface area contributed by atoms with Gasteiger partial charge in [0.15, 0.2) is 6.54 Å². The SMILES string of the molecule is COc1ccccc1/C=C/C=N\NC(=O)C[NH+]1CC[NH+](Cc2ccccc2Cl)CC1. The molecule has 7 heteroatoms. The molecule has 0 saturated carbocycles. The summed E-state index contributed by atoms with van der Waals surface area (Å²) in [6.45, 7) is 5.35. The highest BCUT2D eigenvalue weighted by atomic mass is 35.5. The highest BCUT2D eigenvalue weighted by Crippen LogP contribution is 2.18. The minimum Gasteiger partial charge on any atom is -0.496 e. The summed E-state index contributed by atoms with van der Waals surface area (Å²) in [6, 6.07) is 15.7. The molecule has 0 radical (unpaired) electrons. The molecule has 1 saturated heterocycles. The fourth-order valence-electron chi connectivity index (χ4n) is 3.59. The second-order valence-corrected chi connectivity index (χ2v) is 7.77. The first kappa shape index (κ1) is 22.0. The number of benzene rings is 2. The Kier molecular flexibility index (Phi) is 8.44. The van der Waals surface area contributed by atoms with Gasteiger partial charge in [-0.2, -0.15) is 5.10 Å². The van der Waals surface area contributed by atoms with Crippen LogP contribution in [0, 0.1) is 0 Å². The highest BCUT2D eigenvalue weighted by molar-refractivity contribution is 6.31. The predicted octanol–water partition coefficient (Wildman–Crippen LogP) is 0.447. The summed E-state index contributed by atoms with van der Waals surface area (Å²) in [6.07, 6.45) is 5.24. The number of allylic oxidation sites excluding steroid dienone is 1. The number of hydrogen-bond acceptors (Lipinski definition) is 3. The summed E-state index contributed by atoms with van der Waals surface area (Å²) in [5.41, 5.74) is 4.75. The van der Waals surface area contributed by atoms with Crippen molar-refractivity contribution < 1.29 is 19.3 Å². The minimum absolute atomic E-state index is 0.0681. The molecule has 1 aliphatic heterocycles. The molecule has 1 heterocycles. The van der Waals surface area contributed by atoms with Gasteiger partial charge in [0.2, 0.25) is 0 Å². The van der Waals surface area contributed by atoms with Crippen LogP contribution in [0.25, 0.3) is 6.08 Å². The van der Waals surface area contributed by atoms with E-state index in [1.165, 1.54) is 15.4 Å². The second kappa shape index (κ2) is 11.5. The fourth-order valence-corrected chi connectivity index (χ4v) is 3.79. The molecule has 0 aliphatic carbocycles. The van der Waals surface area contributed by atoms with Crippen LogP contribution in [0.3, 0.4) is 0 Å². The zero-order chi connectivity index (χ0) is 21.2. The lowest BCUT2D eigenvalue weighted by Crippen LogP contribution is -3.28. The summed E-state index contributed by atoms with van der Waals surface area (Å²) in [5.74, 6) is 0.729. The molecule has 1 aliphatic rings. The molecule has 3 N–H and O–H groups in total. The number of para-hydroxylation sites is 1. The number of ether oxygens (including phenoxy) is 1. The van der Waals surface area contributed by atoms with Crippen molar-refractivity contribution in [1.82, 2.24) is 5.43 Å². The fraction of sp³-hybridized carbons (Fsp3) is 0.304. The first-order valence-corrected chi connectivity index (χ1v) is 10.6. The number of halogens is 1. The van der Waals surface area contributed by atoms with Gasteiger partial charge in [-0.05, 0) is 24.3 Å². The van der Waals surface area contributed by atoms with Crippen molar-refractivity contribution in [2.45, 2.75) is 6.54 Å². The largest absolute Gasteiger partial charge is 0.496 e.